The number of halogens is 4. The van der Waals surface area contributed by atoms with Gasteiger partial charge in [0.1, 0.15) is 11.5 Å². The zero-order valence-corrected chi connectivity index (χ0v) is 23.0. The molecule has 2 aliphatic rings. The van der Waals surface area contributed by atoms with Gasteiger partial charge in [-0.25, -0.2) is 4.79 Å². The van der Waals surface area contributed by atoms with E-state index in [9.17, 15) is 18.0 Å². The molecule has 6 nitrogen and oxygen atoms in total. The number of urea groups is 1. The number of carbonyl (C=O) groups is 1. The molecule has 2 amide bonds. The van der Waals surface area contributed by atoms with Gasteiger partial charge in [-0.05, 0) is 80.1 Å². The average Bonchev–Trinajstić information content (AvgIpc) is 3.24. The molecule has 2 fully saturated rings. The van der Waals surface area contributed by atoms with Gasteiger partial charge in [-0.2, -0.15) is 13.2 Å². The Labute approximate surface area is 236 Å². The molecule has 10 heteroatoms. The third kappa shape index (κ3) is 6.54. The lowest BCUT2D eigenvalue weighted by molar-refractivity contribution is -0.137. The van der Waals surface area contributed by atoms with Crippen molar-refractivity contribution in [2.75, 3.05) is 37.6 Å². The summed E-state index contributed by atoms with van der Waals surface area (Å²) in [5.41, 5.74) is 0.270. The molecule has 3 atom stereocenters. The second-order valence-corrected chi connectivity index (χ2v) is 10.7. The van der Waals surface area contributed by atoms with Crippen LogP contribution in [0.1, 0.15) is 31.0 Å². The van der Waals surface area contributed by atoms with Crippen molar-refractivity contribution in [3.8, 4) is 11.5 Å². The number of alkyl halides is 3. The van der Waals surface area contributed by atoms with Crippen molar-refractivity contribution in [3.63, 3.8) is 0 Å². The number of anilines is 1. The number of hydrogen-bond donors (Lipinski definition) is 0. The molecular formula is C30H31ClF3N3O3. The minimum absolute atomic E-state index is 0.0981. The van der Waals surface area contributed by atoms with Crippen LogP contribution in [0.4, 0.5) is 23.7 Å². The van der Waals surface area contributed by atoms with Crippen LogP contribution in [0.3, 0.4) is 0 Å². The fraction of sp³-hybridized carbons (Fsp3) is 0.367. The van der Waals surface area contributed by atoms with Gasteiger partial charge in [-0.15, -0.1) is 0 Å². The Morgan fingerprint density at radius 2 is 1.52 bits per heavy atom. The predicted octanol–water partition coefficient (Wildman–Crippen LogP) is 7.24. The van der Waals surface area contributed by atoms with Crippen LogP contribution in [0.15, 0.2) is 72.8 Å². The first kappa shape index (κ1) is 28.3. The number of ether oxygens (including phenoxy) is 2. The van der Waals surface area contributed by atoms with Crippen molar-refractivity contribution in [2.45, 2.75) is 38.3 Å². The van der Waals surface area contributed by atoms with E-state index >= 15 is 0 Å². The Hall–Kier alpha value is -3.27. The monoisotopic (exact) mass is 573 g/mol. The molecule has 212 valence electrons. The summed E-state index contributed by atoms with van der Waals surface area (Å²) < 4.78 is 52.3. The Bertz CT molecular complexity index is 1310. The standard InChI is InChI=1S/C30H31ClF3N3O3/c1-20-17-35(18-21(2)39-20)14-15-36-19-28(22-4-3-5-23(16-22)30(32,33)34)37(29(36)38)25-8-12-27(13-9-25)40-26-10-6-24(31)7-11-26/h3-13,16,20-21,28H,14-15,17-19H2,1-2H3/t20-,21+,28?. The van der Waals surface area contributed by atoms with Crippen molar-refractivity contribution in [2.24, 2.45) is 0 Å². The molecule has 0 N–H and O–H groups in total. The zero-order valence-electron chi connectivity index (χ0n) is 22.3. The minimum atomic E-state index is -4.48. The van der Waals surface area contributed by atoms with E-state index in [0.29, 0.717) is 40.9 Å². The quantitative estimate of drug-likeness (QED) is 0.299. The highest BCUT2D eigenvalue weighted by Gasteiger charge is 2.40. The van der Waals surface area contributed by atoms with Gasteiger partial charge in [0.15, 0.2) is 0 Å². The van der Waals surface area contributed by atoms with Crippen LogP contribution in [0.5, 0.6) is 11.5 Å². The highest BCUT2D eigenvalue weighted by atomic mass is 35.5. The highest BCUT2D eigenvalue weighted by Crippen LogP contribution is 2.38. The van der Waals surface area contributed by atoms with Crippen LogP contribution in [0, 0.1) is 0 Å². The Balaban J connectivity index is 1.38. The number of benzene rings is 3. The second kappa shape index (κ2) is 11.7. The maximum absolute atomic E-state index is 13.7. The van der Waals surface area contributed by atoms with E-state index in [1.165, 1.54) is 6.07 Å². The lowest BCUT2D eigenvalue weighted by atomic mass is 10.0. The average molecular weight is 574 g/mol. The van der Waals surface area contributed by atoms with Gasteiger partial charge in [0.05, 0.1) is 23.8 Å². The topological polar surface area (TPSA) is 45.2 Å². The van der Waals surface area contributed by atoms with Crippen LogP contribution in [-0.2, 0) is 10.9 Å². The summed E-state index contributed by atoms with van der Waals surface area (Å²) in [7, 11) is 0. The lowest BCUT2D eigenvalue weighted by Crippen LogP contribution is -2.48. The fourth-order valence-corrected chi connectivity index (χ4v) is 5.48. The Kier molecular flexibility index (Phi) is 8.26. The molecule has 0 radical (unpaired) electrons. The summed E-state index contributed by atoms with van der Waals surface area (Å²) in [6.07, 6.45) is -4.28. The number of hydrogen-bond acceptors (Lipinski definition) is 4. The van der Waals surface area contributed by atoms with E-state index in [-0.39, 0.29) is 24.8 Å². The summed E-state index contributed by atoms with van der Waals surface area (Å²) in [6.45, 7) is 6.97. The van der Waals surface area contributed by atoms with Crippen LogP contribution in [0.2, 0.25) is 5.02 Å². The molecular weight excluding hydrogens is 543 g/mol. The number of amides is 2. The Morgan fingerprint density at radius 3 is 2.15 bits per heavy atom. The molecule has 0 aromatic heterocycles. The molecule has 40 heavy (non-hydrogen) atoms. The molecule has 2 aliphatic heterocycles. The molecule has 3 aromatic rings. The summed E-state index contributed by atoms with van der Waals surface area (Å²) in [6, 6.07) is 18.3. The van der Waals surface area contributed by atoms with Crippen molar-refractivity contribution in [1.29, 1.82) is 0 Å². The molecule has 0 spiro atoms. The van der Waals surface area contributed by atoms with E-state index in [2.05, 4.69) is 4.90 Å². The maximum atomic E-state index is 13.7. The summed E-state index contributed by atoms with van der Waals surface area (Å²) in [5, 5.41) is 0.595. The zero-order chi connectivity index (χ0) is 28.4. The van der Waals surface area contributed by atoms with Crippen molar-refractivity contribution in [1.82, 2.24) is 9.80 Å². The molecule has 0 aliphatic carbocycles. The van der Waals surface area contributed by atoms with E-state index in [1.54, 1.807) is 64.4 Å². The molecule has 0 saturated carbocycles. The van der Waals surface area contributed by atoms with E-state index < -0.39 is 17.8 Å². The second-order valence-electron chi connectivity index (χ2n) is 10.3. The van der Waals surface area contributed by atoms with E-state index in [1.807, 2.05) is 13.8 Å². The molecule has 2 saturated heterocycles. The van der Waals surface area contributed by atoms with Crippen LogP contribution < -0.4 is 9.64 Å². The third-order valence-corrected chi connectivity index (χ3v) is 7.38. The Morgan fingerprint density at radius 1 is 0.900 bits per heavy atom. The third-order valence-electron chi connectivity index (χ3n) is 7.13. The van der Waals surface area contributed by atoms with Crippen LogP contribution in [-0.4, -0.2) is 60.8 Å². The molecule has 1 unspecified atom stereocenters. The molecule has 5 rings (SSSR count). The summed E-state index contributed by atoms with van der Waals surface area (Å²) in [4.78, 5) is 19.3. The smallest absolute Gasteiger partial charge is 0.416 e. The van der Waals surface area contributed by atoms with Crippen molar-refractivity contribution < 1.29 is 27.4 Å². The van der Waals surface area contributed by atoms with Crippen molar-refractivity contribution in [3.05, 3.63) is 88.9 Å². The molecule has 3 aromatic carbocycles. The van der Waals surface area contributed by atoms with Crippen LogP contribution in [0.25, 0.3) is 0 Å². The number of nitrogens with zero attached hydrogens (tertiary/aromatic N) is 3. The minimum Gasteiger partial charge on any atom is -0.457 e. The molecule has 0 bridgehead atoms. The molecule has 2 heterocycles. The van der Waals surface area contributed by atoms with Crippen LogP contribution >= 0.6 is 11.6 Å². The highest BCUT2D eigenvalue weighted by molar-refractivity contribution is 6.30. The van der Waals surface area contributed by atoms with E-state index in [4.69, 9.17) is 21.1 Å². The first-order valence-electron chi connectivity index (χ1n) is 13.2. The van der Waals surface area contributed by atoms with Gasteiger partial charge >= 0.3 is 12.2 Å². The van der Waals surface area contributed by atoms with Gasteiger partial charge in [0.2, 0.25) is 0 Å². The predicted molar refractivity (Wildman–Crippen MR) is 148 cm³/mol. The lowest BCUT2D eigenvalue weighted by Gasteiger charge is -2.36. The first-order valence-corrected chi connectivity index (χ1v) is 13.6. The SMILES string of the molecule is C[C@@H]1CN(CCN2CC(c3cccc(C(F)(F)F)c3)N(c3ccc(Oc4ccc(Cl)cc4)cc3)C2=O)C[C@H](C)O1. The largest absolute Gasteiger partial charge is 0.457 e. The van der Waals surface area contributed by atoms with Crippen molar-refractivity contribution >= 4 is 23.3 Å². The van der Waals surface area contributed by atoms with Gasteiger partial charge < -0.3 is 14.4 Å². The fourth-order valence-electron chi connectivity index (χ4n) is 5.35. The number of carbonyl (C=O) groups excluding carboxylic acids is 1. The van der Waals surface area contributed by atoms with Gasteiger partial charge in [0.25, 0.3) is 0 Å². The maximum Gasteiger partial charge on any atom is 0.416 e. The summed E-state index contributed by atoms with van der Waals surface area (Å²) >= 11 is 5.94. The van der Waals surface area contributed by atoms with Gasteiger partial charge in [0, 0.05) is 43.4 Å². The van der Waals surface area contributed by atoms with Gasteiger partial charge in [-0.1, -0.05) is 23.7 Å². The normalized spacial score (nSPS) is 22.1. The first-order chi connectivity index (χ1) is 19.1. The number of rotatable bonds is 7. The van der Waals surface area contributed by atoms with Gasteiger partial charge in [-0.3, -0.25) is 9.80 Å². The van der Waals surface area contributed by atoms with E-state index in [0.717, 1.165) is 25.2 Å². The summed E-state index contributed by atoms with van der Waals surface area (Å²) in [5.74, 6) is 1.16. The number of morpholine rings is 1.